The number of aromatic nitrogens is 3. The van der Waals surface area contributed by atoms with E-state index in [1.54, 1.807) is 0 Å². The highest BCUT2D eigenvalue weighted by Crippen LogP contribution is 2.43. The average Bonchev–Trinajstić information content (AvgIpc) is 3.09. The Kier molecular flexibility index (Phi) is 7.56. The normalized spacial score (nSPS) is 23.0. The predicted molar refractivity (Wildman–Crippen MR) is 142 cm³/mol. The molecule has 2 aliphatic rings. The first kappa shape index (κ1) is 26.4. The highest BCUT2D eigenvalue weighted by Gasteiger charge is 2.51. The monoisotopic (exact) mass is 585 g/mol. The quantitative estimate of drug-likeness (QED) is 0.172. The molecule has 2 bridgehead atoms. The fourth-order valence-corrected chi connectivity index (χ4v) is 6.44. The number of pyridine rings is 1. The summed E-state index contributed by atoms with van der Waals surface area (Å²) in [6, 6.07) is -0.297. The van der Waals surface area contributed by atoms with Gasteiger partial charge >= 0.3 is 6.09 Å². The van der Waals surface area contributed by atoms with Gasteiger partial charge in [-0.15, -0.1) is 6.58 Å². The highest BCUT2D eigenvalue weighted by atomic mass is 79.9. The number of anilines is 1. The number of hydrogen-bond acceptors (Lipinski definition) is 7. The molecule has 0 radical (unpaired) electrons. The van der Waals surface area contributed by atoms with Gasteiger partial charge in [0.25, 0.3) is 0 Å². The zero-order valence-electron chi connectivity index (χ0n) is 20.5. The van der Waals surface area contributed by atoms with E-state index < -0.39 is 11.4 Å². The maximum absolute atomic E-state index is 15.1. The van der Waals surface area contributed by atoms with E-state index in [0.29, 0.717) is 27.5 Å². The molecule has 35 heavy (non-hydrogen) atoms. The lowest BCUT2D eigenvalue weighted by Crippen LogP contribution is -2.63. The van der Waals surface area contributed by atoms with Gasteiger partial charge in [-0.05, 0) is 61.2 Å². The molecule has 7 nitrogen and oxygen atoms in total. The van der Waals surface area contributed by atoms with Gasteiger partial charge < -0.3 is 9.64 Å². The Morgan fingerprint density at radius 2 is 2.09 bits per heavy atom. The minimum Gasteiger partial charge on any atom is -0.444 e. The molecule has 2 fully saturated rings. The van der Waals surface area contributed by atoms with Crippen molar-refractivity contribution in [1.82, 2.24) is 19.9 Å². The van der Waals surface area contributed by atoms with Crippen LogP contribution in [0.1, 0.15) is 47.5 Å². The second kappa shape index (κ2) is 10.0. The number of nitrogens with zero attached hydrogens (tertiary/aromatic N) is 5. The molecule has 0 N–H and O–H groups in total. The number of carbonyl (C=O) groups excluding carboxylic acids is 1. The van der Waals surface area contributed by atoms with Crippen LogP contribution in [0.4, 0.5) is 15.0 Å². The van der Waals surface area contributed by atoms with Crippen molar-refractivity contribution in [3.63, 3.8) is 0 Å². The first-order valence-electron chi connectivity index (χ1n) is 11.7. The summed E-state index contributed by atoms with van der Waals surface area (Å²) in [7, 11) is 0. The Morgan fingerprint density at radius 1 is 1.37 bits per heavy atom. The maximum Gasteiger partial charge on any atom is 0.410 e. The van der Waals surface area contributed by atoms with Gasteiger partial charge in [0.1, 0.15) is 21.5 Å². The van der Waals surface area contributed by atoms with Gasteiger partial charge in [0.15, 0.2) is 16.1 Å². The van der Waals surface area contributed by atoms with Crippen LogP contribution < -0.4 is 4.90 Å². The minimum absolute atomic E-state index is 0.0140. The summed E-state index contributed by atoms with van der Waals surface area (Å²) in [4.78, 5) is 30.8. The molecular formula is C24H30BrClFN5O2S. The molecule has 190 valence electrons. The van der Waals surface area contributed by atoms with E-state index in [2.05, 4.69) is 44.3 Å². The average molecular weight is 587 g/mol. The van der Waals surface area contributed by atoms with Gasteiger partial charge in [-0.1, -0.05) is 43.3 Å². The van der Waals surface area contributed by atoms with Crippen LogP contribution in [-0.2, 0) is 4.74 Å². The van der Waals surface area contributed by atoms with Gasteiger partial charge in [-0.2, -0.15) is 0 Å². The van der Waals surface area contributed by atoms with E-state index in [1.165, 1.54) is 11.8 Å². The van der Waals surface area contributed by atoms with Crippen molar-refractivity contribution in [3.05, 3.63) is 28.2 Å². The van der Waals surface area contributed by atoms with E-state index in [0.717, 1.165) is 18.6 Å². The number of piperazine rings is 1. The summed E-state index contributed by atoms with van der Waals surface area (Å²) >= 11 is 11.0. The van der Waals surface area contributed by atoms with E-state index in [4.69, 9.17) is 21.3 Å². The molecule has 0 unspecified atom stereocenters. The van der Waals surface area contributed by atoms with Crippen molar-refractivity contribution in [2.24, 2.45) is 5.92 Å². The van der Waals surface area contributed by atoms with Crippen molar-refractivity contribution < 1.29 is 13.9 Å². The maximum atomic E-state index is 15.1. The Labute approximate surface area is 223 Å². The first-order chi connectivity index (χ1) is 16.5. The van der Waals surface area contributed by atoms with Gasteiger partial charge in [0.2, 0.25) is 0 Å². The molecule has 1 amide bonds. The van der Waals surface area contributed by atoms with Crippen molar-refractivity contribution in [2.45, 2.75) is 76.3 Å². The second-order valence-corrected chi connectivity index (χ2v) is 12.3. The molecule has 4 rings (SSSR count). The van der Waals surface area contributed by atoms with E-state index in [1.807, 2.05) is 38.7 Å². The Balaban J connectivity index is 1.87. The van der Waals surface area contributed by atoms with Crippen molar-refractivity contribution >= 4 is 62.1 Å². The number of halogens is 3. The molecule has 0 saturated carbocycles. The molecule has 4 atom stereocenters. The van der Waals surface area contributed by atoms with Crippen LogP contribution in [0.3, 0.4) is 0 Å². The Bertz CT molecular complexity index is 1160. The van der Waals surface area contributed by atoms with Crippen molar-refractivity contribution in [2.75, 3.05) is 17.2 Å². The molecule has 2 aromatic rings. The van der Waals surface area contributed by atoms with Crippen LogP contribution in [0.2, 0.25) is 5.15 Å². The summed E-state index contributed by atoms with van der Waals surface area (Å²) < 4.78 is 21.3. The molecule has 2 saturated heterocycles. The molecule has 4 heterocycles. The zero-order chi connectivity index (χ0) is 25.7. The Morgan fingerprint density at radius 3 is 2.71 bits per heavy atom. The molecular weight excluding hydrogens is 557 g/mol. The fourth-order valence-electron chi connectivity index (χ4n) is 5.05. The number of fused-ring (bicyclic) bond motifs is 3. The van der Waals surface area contributed by atoms with Crippen LogP contribution in [0.5, 0.6) is 0 Å². The first-order valence-corrected chi connectivity index (χ1v) is 13.9. The predicted octanol–water partition coefficient (Wildman–Crippen LogP) is 6.47. The fraction of sp³-hybridized carbons (Fsp3) is 0.583. The van der Waals surface area contributed by atoms with Gasteiger partial charge in [-0.25, -0.2) is 24.1 Å². The topological polar surface area (TPSA) is 71.5 Å². The number of thioether (sulfide) groups is 1. The largest absolute Gasteiger partial charge is 0.444 e. The van der Waals surface area contributed by atoms with Crippen molar-refractivity contribution in [3.8, 4) is 0 Å². The molecule has 0 aromatic carbocycles. The van der Waals surface area contributed by atoms with E-state index in [9.17, 15) is 4.79 Å². The van der Waals surface area contributed by atoms with Crippen LogP contribution in [0, 0.1) is 11.7 Å². The zero-order valence-corrected chi connectivity index (χ0v) is 23.7. The second-order valence-electron chi connectivity index (χ2n) is 9.92. The standard InChI is InChI=1S/C24H30BrClFN5O2S/c1-7-12(3)18-14-10-9-13(32(14)23(33)34-24(4,5)6)11-31(18)21-15-17(28-22(30-21)35-8-2)16(27)20(26)29-19(15)25/h7,12-14,18H,1,8-11H2,2-6H3/t12-,13+,14+,18+/m1/s1. The lowest BCUT2D eigenvalue weighted by molar-refractivity contribution is 0.00586. The summed E-state index contributed by atoms with van der Waals surface area (Å²) in [6.07, 6.45) is 3.27. The summed E-state index contributed by atoms with van der Waals surface area (Å²) in [6.45, 7) is 14.2. The van der Waals surface area contributed by atoms with E-state index >= 15 is 4.39 Å². The smallest absolute Gasteiger partial charge is 0.410 e. The molecule has 11 heteroatoms. The van der Waals surface area contributed by atoms with Crippen LogP contribution in [0.15, 0.2) is 22.4 Å². The molecule has 0 aliphatic carbocycles. The SMILES string of the molecule is C=C[C@@H](C)[C@H]1[C@@H]2CC[C@@H](CN1c1nc(SCC)nc3c(F)c(Cl)nc(Br)c13)N2C(=O)OC(C)(C)C. The lowest BCUT2D eigenvalue weighted by Gasteiger charge is -2.49. The number of carbonyl (C=O) groups is 1. The van der Waals surface area contributed by atoms with Gasteiger partial charge in [-0.3, -0.25) is 4.90 Å². The molecule has 2 aliphatic heterocycles. The van der Waals surface area contributed by atoms with Gasteiger partial charge in [0.05, 0.1) is 23.5 Å². The summed E-state index contributed by atoms with van der Waals surface area (Å²) in [5, 5.41) is 0.695. The van der Waals surface area contributed by atoms with Gasteiger partial charge in [0, 0.05) is 6.54 Å². The van der Waals surface area contributed by atoms with Crippen molar-refractivity contribution in [1.29, 1.82) is 0 Å². The lowest BCUT2D eigenvalue weighted by atomic mass is 9.90. The highest BCUT2D eigenvalue weighted by molar-refractivity contribution is 9.10. The molecule has 0 spiro atoms. The third-order valence-corrected chi connectivity index (χ3v) is 7.98. The number of amides is 1. The third-order valence-electron chi connectivity index (χ3n) is 6.43. The molecule has 2 aromatic heterocycles. The van der Waals surface area contributed by atoms with Crippen LogP contribution >= 0.6 is 39.3 Å². The Hall–Kier alpha value is -1.65. The van der Waals surface area contributed by atoms with Crippen LogP contribution in [0.25, 0.3) is 10.9 Å². The minimum atomic E-state index is -0.671. The summed E-state index contributed by atoms with van der Waals surface area (Å²) in [5.41, 5.74) is -0.458. The van der Waals surface area contributed by atoms with Crippen LogP contribution in [-0.4, -0.2) is 62.0 Å². The van der Waals surface area contributed by atoms with E-state index in [-0.39, 0.29) is 40.8 Å². The number of ether oxygens (including phenoxy) is 1. The third kappa shape index (κ3) is 4.98. The summed E-state index contributed by atoms with van der Waals surface area (Å²) in [5.74, 6) is 0.659. The number of rotatable bonds is 5. The number of hydrogen-bond donors (Lipinski definition) is 0.